The summed E-state index contributed by atoms with van der Waals surface area (Å²) < 4.78 is 0.783. The van der Waals surface area contributed by atoms with Crippen molar-refractivity contribution in [2.24, 2.45) is 5.84 Å². The van der Waals surface area contributed by atoms with Crippen LogP contribution in [-0.4, -0.2) is 5.91 Å². The van der Waals surface area contributed by atoms with Crippen molar-refractivity contribution < 1.29 is 4.79 Å². The van der Waals surface area contributed by atoms with Crippen LogP contribution in [0.5, 0.6) is 0 Å². The fraction of sp³-hybridized carbons (Fsp3) is 0. The van der Waals surface area contributed by atoms with E-state index in [0.29, 0.717) is 10.6 Å². The van der Waals surface area contributed by atoms with Gasteiger partial charge in [-0.05, 0) is 18.2 Å². The van der Waals surface area contributed by atoms with E-state index in [1.807, 2.05) is 5.43 Å². The fourth-order valence-electron chi connectivity index (χ4n) is 0.749. The first-order valence-corrected chi connectivity index (χ1v) is 4.28. The lowest BCUT2D eigenvalue weighted by atomic mass is 10.2. The minimum absolute atomic E-state index is 0.355. The molecule has 0 atom stereocenters. The smallest absolute Gasteiger partial charge is 0.266 e. The van der Waals surface area contributed by atoms with Crippen LogP contribution in [0.25, 0.3) is 0 Å². The SMILES string of the molecule is NNC(=O)c1cc(Br)ccc1Cl. The van der Waals surface area contributed by atoms with Crippen LogP contribution in [0.2, 0.25) is 5.02 Å². The van der Waals surface area contributed by atoms with Crippen molar-refractivity contribution in [3.63, 3.8) is 0 Å². The Morgan fingerprint density at radius 2 is 2.25 bits per heavy atom. The molecule has 0 fully saturated rings. The van der Waals surface area contributed by atoms with E-state index < -0.39 is 5.91 Å². The Hall–Kier alpha value is -0.580. The highest BCUT2D eigenvalue weighted by atomic mass is 79.9. The van der Waals surface area contributed by atoms with E-state index in [-0.39, 0.29) is 0 Å². The first-order valence-electron chi connectivity index (χ1n) is 3.11. The standard InChI is InChI=1S/C7H6BrClN2O/c8-4-1-2-6(9)5(3-4)7(12)11-10/h1-3H,10H2,(H,11,12). The highest BCUT2D eigenvalue weighted by molar-refractivity contribution is 9.10. The number of carbonyl (C=O) groups is 1. The second kappa shape index (κ2) is 3.89. The summed E-state index contributed by atoms with van der Waals surface area (Å²) in [6, 6.07) is 4.97. The van der Waals surface area contributed by atoms with Crippen molar-refractivity contribution in [3.05, 3.63) is 33.3 Å². The lowest BCUT2D eigenvalue weighted by Gasteiger charge is -2.01. The highest BCUT2D eigenvalue weighted by Gasteiger charge is 2.08. The Labute approximate surface area is 83.0 Å². The van der Waals surface area contributed by atoms with Crippen LogP contribution in [0.4, 0.5) is 0 Å². The molecule has 0 bridgehead atoms. The van der Waals surface area contributed by atoms with Crippen molar-refractivity contribution in [1.82, 2.24) is 5.43 Å². The summed E-state index contributed by atoms with van der Waals surface area (Å²) in [5.74, 6) is 4.55. The Morgan fingerprint density at radius 3 is 2.83 bits per heavy atom. The molecule has 1 aromatic carbocycles. The molecule has 64 valence electrons. The predicted molar refractivity (Wildman–Crippen MR) is 50.8 cm³/mol. The summed E-state index contributed by atoms with van der Waals surface area (Å²) in [4.78, 5) is 11.0. The number of hydrogen-bond acceptors (Lipinski definition) is 2. The van der Waals surface area contributed by atoms with Gasteiger partial charge < -0.3 is 0 Å². The molecule has 0 saturated carbocycles. The van der Waals surface area contributed by atoms with Crippen molar-refractivity contribution >= 4 is 33.4 Å². The molecule has 1 amide bonds. The van der Waals surface area contributed by atoms with Gasteiger partial charge in [-0.2, -0.15) is 0 Å². The van der Waals surface area contributed by atoms with Gasteiger partial charge in [0.25, 0.3) is 5.91 Å². The molecule has 0 aliphatic rings. The van der Waals surface area contributed by atoms with E-state index >= 15 is 0 Å². The predicted octanol–water partition coefficient (Wildman–Crippen LogP) is 1.71. The molecule has 3 N–H and O–H groups in total. The highest BCUT2D eigenvalue weighted by Crippen LogP contribution is 2.20. The molecule has 0 spiro atoms. The van der Waals surface area contributed by atoms with Gasteiger partial charge in [0.1, 0.15) is 0 Å². The third kappa shape index (κ3) is 1.97. The molecule has 0 aromatic heterocycles. The number of amides is 1. The number of carbonyl (C=O) groups excluding carboxylic acids is 1. The molecule has 0 saturated heterocycles. The Balaban J connectivity index is 3.13. The molecule has 12 heavy (non-hydrogen) atoms. The minimum Gasteiger partial charge on any atom is -0.290 e. The third-order valence-electron chi connectivity index (χ3n) is 1.30. The zero-order chi connectivity index (χ0) is 9.14. The van der Waals surface area contributed by atoms with E-state index in [9.17, 15) is 4.79 Å². The quantitative estimate of drug-likeness (QED) is 0.452. The molecular weight excluding hydrogens is 243 g/mol. The molecule has 0 radical (unpaired) electrons. The molecule has 0 aliphatic heterocycles. The zero-order valence-corrected chi connectivity index (χ0v) is 8.32. The van der Waals surface area contributed by atoms with Gasteiger partial charge in [-0.25, -0.2) is 5.84 Å². The largest absolute Gasteiger partial charge is 0.290 e. The third-order valence-corrected chi connectivity index (χ3v) is 2.13. The van der Waals surface area contributed by atoms with Gasteiger partial charge in [0.2, 0.25) is 0 Å². The lowest BCUT2D eigenvalue weighted by molar-refractivity contribution is 0.0954. The van der Waals surface area contributed by atoms with E-state index in [2.05, 4.69) is 15.9 Å². The van der Waals surface area contributed by atoms with Crippen LogP contribution in [0, 0.1) is 0 Å². The average Bonchev–Trinajstić information content (AvgIpc) is 2.08. The number of hydrogen-bond donors (Lipinski definition) is 2. The molecule has 1 aromatic rings. The number of rotatable bonds is 1. The normalized spacial score (nSPS) is 9.58. The number of nitrogen functional groups attached to an aromatic ring is 1. The summed E-state index contributed by atoms with van der Waals surface area (Å²) in [5, 5.41) is 0.376. The number of hydrazine groups is 1. The van der Waals surface area contributed by atoms with Crippen molar-refractivity contribution in [2.75, 3.05) is 0 Å². The molecule has 1 rings (SSSR count). The van der Waals surface area contributed by atoms with Crippen LogP contribution in [0.3, 0.4) is 0 Å². The van der Waals surface area contributed by atoms with Crippen LogP contribution in [0.15, 0.2) is 22.7 Å². The van der Waals surface area contributed by atoms with Crippen LogP contribution in [0.1, 0.15) is 10.4 Å². The Morgan fingerprint density at radius 1 is 1.58 bits per heavy atom. The maximum absolute atomic E-state index is 11.0. The molecule has 0 aliphatic carbocycles. The van der Waals surface area contributed by atoms with Gasteiger partial charge in [0, 0.05) is 4.47 Å². The Bertz CT molecular complexity index is 316. The number of nitrogens with two attached hydrogens (primary N) is 1. The van der Waals surface area contributed by atoms with Crippen LogP contribution in [-0.2, 0) is 0 Å². The minimum atomic E-state index is -0.402. The molecule has 5 heteroatoms. The lowest BCUT2D eigenvalue weighted by Crippen LogP contribution is -2.30. The van der Waals surface area contributed by atoms with Gasteiger partial charge in [0.05, 0.1) is 10.6 Å². The second-order valence-electron chi connectivity index (χ2n) is 2.10. The monoisotopic (exact) mass is 248 g/mol. The van der Waals surface area contributed by atoms with Gasteiger partial charge >= 0.3 is 0 Å². The van der Waals surface area contributed by atoms with E-state index in [1.54, 1.807) is 18.2 Å². The van der Waals surface area contributed by atoms with E-state index in [1.165, 1.54) is 0 Å². The maximum atomic E-state index is 11.0. The van der Waals surface area contributed by atoms with Crippen molar-refractivity contribution in [1.29, 1.82) is 0 Å². The van der Waals surface area contributed by atoms with Gasteiger partial charge in [-0.15, -0.1) is 0 Å². The topological polar surface area (TPSA) is 55.1 Å². The molecule has 3 nitrogen and oxygen atoms in total. The average molecular weight is 249 g/mol. The fourth-order valence-corrected chi connectivity index (χ4v) is 1.31. The number of nitrogens with one attached hydrogen (secondary N) is 1. The van der Waals surface area contributed by atoms with Crippen molar-refractivity contribution in [2.45, 2.75) is 0 Å². The Kier molecular flexibility index (Phi) is 3.08. The maximum Gasteiger partial charge on any atom is 0.266 e. The van der Waals surface area contributed by atoms with E-state index in [0.717, 1.165) is 4.47 Å². The summed E-state index contributed by atoms with van der Waals surface area (Å²) in [6.45, 7) is 0. The molecule has 0 unspecified atom stereocenters. The van der Waals surface area contributed by atoms with Gasteiger partial charge in [0.15, 0.2) is 0 Å². The second-order valence-corrected chi connectivity index (χ2v) is 3.42. The zero-order valence-electron chi connectivity index (χ0n) is 5.97. The number of halogens is 2. The first kappa shape index (κ1) is 9.51. The van der Waals surface area contributed by atoms with Gasteiger partial charge in [-0.3, -0.25) is 10.2 Å². The van der Waals surface area contributed by atoms with Crippen LogP contribution >= 0.6 is 27.5 Å². The molecule has 0 heterocycles. The first-order chi connectivity index (χ1) is 5.65. The number of benzene rings is 1. The van der Waals surface area contributed by atoms with Crippen molar-refractivity contribution in [3.8, 4) is 0 Å². The summed E-state index contributed by atoms with van der Waals surface area (Å²) in [6.07, 6.45) is 0. The summed E-state index contributed by atoms with van der Waals surface area (Å²) >= 11 is 8.95. The van der Waals surface area contributed by atoms with E-state index in [4.69, 9.17) is 17.4 Å². The summed E-state index contributed by atoms with van der Waals surface area (Å²) in [7, 11) is 0. The van der Waals surface area contributed by atoms with Crippen LogP contribution < -0.4 is 11.3 Å². The summed E-state index contributed by atoms with van der Waals surface area (Å²) in [5.41, 5.74) is 2.36. The molecular formula is C7H6BrClN2O. The van der Waals surface area contributed by atoms with Gasteiger partial charge in [-0.1, -0.05) is 27.5 Å².